The number of rotatable bonds is 1. The van der Waals surface area contributed by atoms with Gasteiger partial charge in [0.25, 0.3) is 0 Å². The maximum Gasteiger partial charge on any atom is 0.0796 e. The second-order valence-corrected chi connectivity index (χ2v) is 4.04. The Labute approximate surface area is 78.1 Å². The number of nitrogens with one attached hydrogen (secondary N) is 1. The summed E-state index contributed by atoms with van der Waals surface area (Å²) in [4.78, 5) is 0. The molecule has 1 N–H and O–H groups in total. The average Bonchev–Trinajstić information content (AvgIpc) is 2.78. The molecule has 0 radical (unpaired) electrons. The summed E-state index contributed by atoms with van der Waals surface area (Å²) in [6.07, 6.45) is 5.06. The van der Waals surface area contributed by atoms with Crippen LogP contribution in [0, 0.1) is 0 Å². The van der Waals surface area contributed by atoms with Crippen molar-refractivity contribution < 1.29 is 0 Å². The Balaban J connectivity index is 1.88. The molecule has 2 aliphatic heterocycles. The van der Waals surface area contributed by atoms with Crippen molar-refractivity contribution in [2.75, 3.05) is 6.54 Å². The molecule has 2 aliphatic rings. The highest BCUT2D eigenvalue weighted by molar-refractivity contribution is 5.17. The minimum absolute atomic E-state index is 0.540. The van der Waals surface area contributed by atoms with Gasteiger partial charge in [-0.25, -0.2) is 0 Å². The summed E-state index contributed by atoms with van der Waals surface area (Å²) in [5.41, 5.74) is 2.70. The van der Waals surface area contributed by atoms with Gasteiger partial charge in [0, 0.05) is 12.2 Å². The molecule has 0 saturated carbocycles. The molecule has 0 amide bonds. The molecule has 0 bridgehead atoms. The van der Waals surface area contributed by atoms with Crippen LogP contribution < -0.4 is 5.32 Å². The predicted molar refractivity (Wildman–Crippen MR) is 50.5 cm³/mol. The van der Waals surface area contributed by atoms with Gasteiger partial charge in [0.1, 0.15) is 0 Å². The highest BCUT2D eigenvalue weighted by atomic mass is 15.3. The lowest BCUT2D eigenvalue weighted by Gasteiger charge is -2.05. The van der Waals surface area contributed by atoms with Crippen LogP contribution in [0.25, 0.3) is 0 Å². The van der Waals surface area contributed by atoms with E-state index in [1.807, 2.05) is 0 Å². The molecule has 1 fully saturated rings. The summed E-state index contributed by atoms with van der Waals surface area (Å²) in [6.45, 7) is 2.29. The van der Waals surface area contributed by atoms with E-state index in [4.69, 9.17) is 0 Å². The van der Waals surface area contributed by atoms with Crippen molar-refractivity contribution in [2.24, 2.45) is 0 Å². The first-order valence-electron chi connectivity index (χ1n) is 5.23. The Morgan fingerprint density at radius 1 is 1.46 bits per heavy atom. The van der Waals surface area contributed by atoms with Crippen LogP contribution in [0.1, 0.15) is 36.7 Å². The molecule has 3 nitrogen and oxygen atoms in total. The van der Waals surface area contributed by atoms with Crippen molar-refractivity contribution in [1.82, 2.24) is 15.1 Å². The Kier molecular flexibility index (Phi) is 1.65. The summed E-state index contributed by atoms with van der Waals surface area (Å²) in [6, 6.07) is 2.83. The van der Waals surface area contributed by atoms with Crippen LogP contribution in [0.2, 0.25) is 0 Å². The third-order valence-corrected chi connectivity index (χ3v) is 3.10. The lowest BCUT2D eigenvalue weighted by Crippen LogP contribution is -2.13. The molecule has 1 aromatic rings. The van der Waals surface area contributed by atoms with Gasteiger partial charge in [-0.3, -0.25) is 4.68 Å². The number of hydrogen-bond donors (Lipinski definition) is 1. The van der Waals surface area contributed by atoms with Gasteiger partial charge in [0.05, 0.1) is 11.7 Å². The number of hydrogen-bond acceptors (Lipinski definition) is 2. The molecular formula is C10H15N3. The molecule has 13 heavy (non-hydrogen) atoms. The molecule has 1 unspecified atom stereocenters. The molecule has 70 valence electrons. The Morgan fingerprint density at radius 3 is 3.23 bits per heavy atom. The molecular weight excluding hydrogens is 162 g/mol. The van der Waals surface area contributed by atoms with Gasteiger partial charge < -0.3 is 5.32 Å². The van der Waals surface area contributed by atoms with E-state index in [-0.39, 0.29) is 0 Å². The summed E-state index contributed by atoms with van der Waals surface area (Å²) in [5.74, 6) is 0. The fraction of sp³-hybridized carbons (Fsp3) is 0.700. The number of aromatic nitrogens is 2. The van der Waals surface area contributed by atoms with Crippen molar-refractivity contribution in [3.05, 3.63) is 17.5 Å². The van der Waals surface area contributed by atoms with E-state index in [2.05, 4.69) is 21.2 Å². The van der Waals surface area contributed by atoms with E-state index in [1.165, 1.54) is 37.1 Å². The SMILES string of the molecule is c1c(C2CCCN2)nn2c1CCC2. The summed E-state index contributed by atoms with van der Waals surface area (Å²) >= 11 is 0. The first-order chi connectivity index (χ1) is 6.43. The van der Waals surface area contributed by atoms with Crippen LogP contribution in [0.3, 0.4) is 0 Å². The zero-order valence-electron chi connectivity index (χ0n) is 7.79. The summed E-state index contributed by atoms with van der Waals surface area (Å²) in [5, 5.41) is 8.11. The lowest BCUT2D eigenvalue weighted by atomic mass is 10.1. The van der Waals surface area contributed by atoms with Gasteiger partial charge in [-0.1, -0.05) is 0 Å². The van der Waals surface area contributed by atoms with Gasteiger partial charge in [-0.05, 0) is 38.3 Å². The maximum absolute atomic E-state index is 4.63. The van der Waals surface area contributed by atoms with Crippen molar-refractivity contribution in [3.8, 4) is 0 Å². The van der Waals surface area contributed by atoms with Crippen LogP contribution >= 0.6 is 0 Å². The largest absolute Gasteiger partial charge is 0.309 e. The number of fused-ring (bicyclic) bond motifs is 1. The Hall–Kier alpha value is -0.830. The van der Waals surface area contributed by atoms with Crippen molar-refractivity contribution >= 4 is 0 Å². The summed E-state index contributed by atoms with van der Waals surface area (Å²) in [7, 11) is 0. The van der Waals surface area contributed by atoms with Gasteiger partial charge >= 0.3 is 0 Å². The van der Waals surface area contributed by atoms with Crippen molar-refractivity contribution in [3.63, 3.8) is 0 Å². The fourth-order valence-corrected chi connectivity index (χ4v) is 2.39. The van der Waals surface area contributed by atoms with E-state index in [0.717, 1.165) is 13.1 Å². The quantitative estimate of drug-likeness (QED) is 0.699. The van der Waals surface area contributed by atoms with Gasteiger partial charge in [-0.2, -0.15) is 5.10 Å². The second kappa shape index (κ2) is 2.84. The van der Waals surface area contributed by atoms with Crippen molar-refractivity contribution in [1.29, 1.82) is 0 Å². The first-order valence-corrected chi connectivity index (χ1v) is 5.23. The number of aryl methyl sites for hydroxylation is 2. The minimum Gasteiger partial charge on any atom is -0.309 e. The first kappa shape index (κ1) is 7.56. The Bertz CT molecular complexity index is 288. The molecule has 1 saturated heterocycles. The molecule has 3 rings (SSSR count). The van der Waals surface area contributed by atoms with E-state index in [9.17, 15) is 0 Å². The molecule has 0 spiro atoms. The molecule has 1 atom stereocenters. The third-order valence-electron chi connectivity index (χ3n) is 3.10. The topological polar surface area (TPSA) is 29.9 Å². The standard InChI is InChI=1S/C10H15N3/c1-4-9(11-5-1)10-7-8-3-2-6-13(8)12-10/h7,9,11H,1-6H2. The molecule has 1 aromatic heterocycles. The van der Waals surface area contributed by atoms with Crippen LogP contribution in [0.5, 0.6) is 0 Å². The smallest absolute Gasteiger partial charge is 0.0796 e. The van der Waals surface area contributed by atoms with Crippen LogP contribution in [0.4, 0.5) is 0 Å². The van der Waals surface area contributed by atoms with E-state index >= 15 is 0 Å². The zero-order chi connectivity index (χ0) is 8.67. The average molecular weight is 177 g/mol. The summed E-state index contributed by atoms with van der Waals surface area (Å²) < 4.78 is 2.18. The molecule has 0 aliphatic carbocycles. The third kappa shape index (κ3) is 1.18. The molecule has 3 heteroatoms. The molecule has 0 aromatic carbocycles. The van der Waals surface area contributed by atoms with Crippen LogP contribution in [0.15, 0.2) is 6.07 Å². The maximum atomic E-state index is 4.63. The Morgan fingerprint density at radius 2 is 2.46 bits per heavy atom. The molecule has 3 heterocycles. The van der Waals surface area contributed by atoms with E-state index < -0.39 is 0 Å². The van der Waals surface area contributed by atoms with Gasteiger partial charge in [0.15, 0.2) is 0 Å². The van der Waals surface area contributed by atoms with Gasteiger partial charge in [-0.15, -0.1) is 0 Å². The van der Waals surface area contributed by atoms with Crippen molar-refractivity contribution in [2.45, 2.75) is 38.3 Å². The van der Waals surface area contributed by atoms with Crippen LogP contribution in [-0.4, -0.2) is 16.3 Å². The van der Waals surface area contributed by atoms with Gasteiger partial charge in [0.2, 0.25) is 0 Å². The van der Waals surface area contributed by atoms with E-state index in [1.54, 1.807) is 0 Å². The van der Waals surface area contributed by atoms with Crippen LogP contribution in [-0.2, 0) is 13.0 Å². The normalized spacial score (nSPS) is 26.6. The highest BCUT2D eigenvalue weighted by Gasteiger charge is 2.21. The monoisotopic (exact) mass is 177 g/mol. The number of nitrogens with zero attached hydrogens (tertiary/aromatic N) is 2. The zero-order valence-corrected chi connectivity index (χ0v) is 7.79. The lowest BCUT2D eigenvalue weighted by molar-refractivity contribution is 0.583. The highest BCUT2D eigenvalue weighted by Crippen LogP contribution is 2.24. The van der Waals surface area contributed by atoms with E-state index in [0.29, 0.717) is 6.04 Å². The fourth-order valence-electron chi connectivity index (χ4n) is 2.39. The minimum atomic E-state index is 0.540. The predicted octanol–water partition coefficient (Wildman–Crippen LogP) is 1.25. The second-order valence-electron chi connectivity index (χ2n) is 4.04.